The van der Waals surface area contributed by atoms with Crippen LogP contribution < -0.4 is 5.32 Å². The molecule has 3 heteroatoms. The normalized spacial score (nSPS) is 11.2. The molecule has 1 aromatic carbocycles. The van der Waals surface area contributed by atoms with Gasteiger partial charge in [-0.3, -0.25) is 0 Å². The van der Waals surface area contributed by atoms with E-state index in [2.05, 4.69) is 35.0 Å². The van der Waals surface area contributed by atoms with E-state index in [4.69, 9.17) is 4.74 Å². The molecule has 2 nitrogen and oxygen atoms in total. The molecule has 0 atom stereocenters. The summed E-state index contributed by atoms with van der Waals surface area (Å²) < 4.78 is 6.41. The predicted octanol–water partition coefficient (Wildman–Crippen LogP) is 3.85. The Kier molecular flexibility index (Phi) is 6.34. The zero-order valence-electron chi connectivity index (χ0n) is 11.7. The van der Waals surface area contributed by atoms with Crippen LogP contribution in [0.3, 0.4) is 0 Å². The summed E-state index contributed by atoms with van der Waals surface area (Å²) in [7, 11) is 1.74. The van der Waals surface area contributed by atoms with Crippen LogP contribution in [-0.4, -0.2) is 26.8 Å². The Bertz CT molecular complexity index is 480. The van der Waals surface area contributed by atoms with Crippen molar-refractivity contribution in [3.8, 4) is 0 Å². The van der Waals surface area contributed by atoms with E-state index < -0.39 is 0 Å². The number of methoxy groups -OCH3 is 1. The highest BCUT2D eigenvalue weighted by molar-refractivity contribution is 7.17. The Labute approximate surface area is 119 Å². The van der Waals surface area contributed by atoms with Gasteiger partial charge in [0.25, 0.3) is 0 Å². The monoisotopic (exact) mass is 277 g/mol. The van der Waals surface area contributed by atoms with Gasteiger partial charge in [0.2, 0.25) is 0 Å². The Morgan fingerprint density at radius 3 is 2.89 bits per heavy atom. The van der Waals surface area contributed by atoms with Crippen LogP contribution in [0.1, 0.15) is 24.8 Å². The van der Waals surface area contributed by atoms with Crippen molar-refractivity contribution >= 4 is 21.4 Å². The molecule has 2 aromatic rings. The lowest BCUT2D eigenvalue weighted by atomic mass is 10.1. The van der Waals surface area contributed by atoms with Gasteiger partial charge >= 0.3 is 0 Å². The molecule has 0 aliphatic carbocycles. The van der Waals surface area contributed by atoms with Gasteiger partial charge in [0.1, 0.15) is 0 Å². The first-order valence-electron chi connectivity index (χ1n) is 7.06. The number of benzene rings is 1. The molecule has 19 heavy (non-hydrogen) atoms. The van der Waals surface area contributed by atoms with Crippen molar-refractivity contribution in [2.45, 2.75) is 25.7 Å². The second kappa shape index (κ2) is 8.31. The number of aryl methyl sites for hydroxylation is 1. The summed E-state index contributed by atoms with van der Waals surface area (Å²) >= 11 is 1.87. The largest absolute Gasteiger partial charge is 0.383 e. The summed E-state index contributed by atoms with van der Waals surface area (Å²) in [5, 5.41) is 7.16. The molecule has 0 aliphatic heterocycles. The van der Waals surface area contributed by atoms with Gasteiger partial charge in [-0.15, -0.1) is 11.3 Å². The van der Waals surface area contributed by atoms with Crippen molar-refractivity contribution in [2.75, 3.05) is 26.8 Å². The average Bonchev–Trinajstić information content (AvgIpc) is 2.85. The molecule has 0 amide bonds. The molecule has 0 fully saturated rings. The summed E-state index contributed by atoms with van der Waals surface area (Å²) in [5.74, 6) is 0. The second-order valence-corrected chi connectivity index (χ2v) is 5.72. The van der Waals surface area contributed by atoms with Crippen molar-refractivity contribution in [3.05, 3.63) is 35.2 Å². The molecule has 1 heterocycles. The van der Waals surface area contributed by atoms with Gasteiger partial charge in [-0.1, -0.05) is 24.6 Å². The fourth-order valence-electron chi connectivity index (χ4n) is 2.27. The lowest BCUT2D eigenvalue weighted by molar-refractivity contribution is 0.199. The minimum atomic E-state index is 0.806. The van der Waals surface area contributed by atoms with Crippen LogP contribution in [0, 0.1) is 0 Å². The van der Waals surface area contributed by atoms with Crippen LogP contribution in [0.5, 0.6) is 0 Å². The highest BCUT2D eigenvalue weighted by Gasteiger charge is 2.02. The van der Waals surface area contributed by atoms with Crippen LogP contribution in [0.25, 0.3) is 10.1 Å². The highest BCUT2D eigenvalue weighted by Crippen LogP contribution is 2.26. The van der Waals surface area contributed by atoms with Crippen LogP contribution in [0.2, 0.25) is 0 Å². The minimum absolute atomic E-state index is 0.806. The zero-order chi connectivity index (χ0) is 13.3. The van der Waals surface area contributed by atoms with E-state index in [0.29, 0.717) is 0 Å². The maximum Gasteiger partial charge on any atom is 0.0587 e. The Morgan fingerprint density at radius 2 is 2.00 bits per heavy atom. The van der Waals surface area contributed by atoms with Gasteiger partial charge in [0, 0.05) is 18.4 Å². The van der Waals surface area contributed by atoms with Gasteiger partial charge in [-0.25, -0.2) is 0 Å². The Hall–Kier alpha value is -0.900. The third-order valence-electron chi connectivity index (χ3n) is 3.34. The number of fused-ring (bicyclic) bond motifs is 1. The van der Waals surface area contributed by atoms with Crippen LogP contribution >= 0.6 is 11.3 Å². The maximum atomic E-state index is 5.00. The SMILES string of the molecule is COCCNCCCCCc1csc2ccccc12. The smallest absolute Gasteiger partial charge is 0.0587 e. The van der Waals surface area contributed by atoms with Crippen molar-refractivity contribution in [3.63, 3.8) is 0 Å². The maximum absolute atomic E-state index is 5.00. The predicted molar refractivity (Wildman–Crippen MR) is 84.1 cm³/mol. The number of nitrogens with one attached hydrogen (secondary N) is 1. The fourth-order valence-corrected chi connectivity index (χ4v) is 3.27. The van der Waals surface area contributed by atoms with Crippen molar-refractivity contribution in [2.24, 2.45) is 0 Å². The molecule has 104 valence electrons. The average molecular weight is 277 g/mol. The molecule has 0 unspecified atom stereocenters. The quantitative estimate of drug-likeness (QED) is 0.703. The van der Waals surface area contributed by atoms with Gasteiger partial charge in [-0.2, -0.15) is 0 Å². The summed E-state index contributed by atoms with van der Waals surface area (Å²) in [4.78, 5) is 0. The molecule has 0 bridgehead atoms. The van der Waals surface area contributed by atoms with E-state index in [-0.39, 0.29) is 0 Å². The molecule has 1 aromatic heterocycles. The Balaban J connectivity index is 1.63. The number of hydrogen-bond donors (Lipinski definition) is 1. The number of hydrogen-bond acceptors (Lipinski definition) is 3. The first-order valence-corrected chi connectivity index (χ1v) is 7.94. The number of thiophene rings is 1. The minimum Gasteiger partial charge on any atom is -0.383 e. The van der Waals surface area contributed by atoms with Crippen LogP contribution in [0.4, 0.5) is 0 Å². The number of ether oxygens (including phenoxy) is 1. The second-order valence-electron chi connectivity index (χ2n) is 4.81. The molecule has 0 spiro atoms. The third-order valence-corrected chi connectivity index (χ3v) is 4.36. The molecule has 0 aliphatic rings. The van der Waals surface area contributed by atoms with Gasteiger partial charge in [0.15, 0.2) is 0 Å². The lowest BCUT2D eigenvalue weighted by Crippen LogP contribution is -2.20. The fraction of sp³-hybridized carbons (Fsp3) is 0.500. The van der Waals surface area contributed by atoms with E-state index in [1.54, 1.807) is 7.11 Å². The number of rotatable bonds is 9. The first-order chi connectivity index (χ1) is 9.42. The summed E-state index contributed by atoms with van der Waals surface area (Å²) in [5.41, 5.74) is 1.52. The van der Waals surface area contributed by atoms with Crippen molar-refractivity contribution < 1.29 is 4.74 Å². The first kappa shape index (κ1) is 14.5. The molecular formula is C16H23NOS. The molecule has 2 rings (SSSR count). The van der Waals surface area contributed by atoms with E-state index >= 15 is 0 Å². The highest BCUT2D eigenvalue weighted by atomic mass is 32.1. The standard InChI is InChI=1S/C16H23NOS/c1-18-12-11-17-10-6-2-3-7-14-13-19-16-9-5-4-8-15(14)16/h4-5,8-9,13,17H,2-3,6-7,10-12H2,1H3. The van der Waals surface area contributed by atoms with E-state index in [9.17, 15) is 0 Å². The van der Waals surface area contributed by atoms with Gasteiger partial charge < -0.3 is 10.1 Å². The zero-order valence-corrected chi connectivity index (χ0v) is 12.5. The van der Waals surface area contributed by atoms with Gasteiger partial charge in [0.05, 0.1) is 6.61 Å². The molecule has 0 saturated heterocycles. The molecule has 1 N–H and O–H groups in total. The van der Waals surface area contributed by atoms with Crippen LogP contribution in [-0.2, 0) is 11.2 Å². The number of unbranched alkanes of at least 4 members (excludes halogenated alkanes) is 2. The topological polar surface area (TPSA) is 21.3 Å². The van der Waals surface area contributed by atoms with Crippen molar-refractivity contribution in [1.29, 1.82) is 0 Å². The molecule has 0 radical (unpaired) electrons. The third kappa shape index (κ3) is 4.60. The van der Waals surface area contributed by atoms with E-state index in [0.717, 1.165) is 19.7 Å². The summed E-state index contributed by atoms with van der Waals surface area (Å²) in [6.07, 6.45) is 5.05. The Morgan fingerprint density at radius 1 is 1.11 bits per heavy atom. The van der Waals surface area contributed by atoms with Gasteiger partial charge in [-0.05, 0) is 48.2 Å². The van der Waals surface area contributed by atoms with Crippen LogP contribution in [0.15, 0.2) is 29.6 Å². The molecule has 0 saturated carbocycles. The summed E-state index contributed by atoms with van der Waals surface area (Å²) in [6.45, 7) is 2.88. The lowest BCUT2D eigenvalue weighted by Gasteiger charge is -2.04. The molecular weight excluding hydrogens is 254 g/mol. The van der Waals surface area contributed by atoms with E-state index in [1.165, 1.54) is 41.3 Å². The van der Waals surface area contributed by atoms with Crippen molar-refractivity contribution in [1.82, 2.24) is 5.32 Å². The van der Waals surface area contributed by atoms with E-state index in [1.807, 2.05) is 11.3 Å². The summed E-state index contributed by atoms with van der Waals surface area (Å²) in [6, 6.07) is 8.71.